The molecule has 2 aromatic carbocycles. The summed E-state index contributed by atoms with van der Waals surface area (Å²) in [5.74, 6) is -0.316. The number of carbonyl (C=O) groups excluding carboxylic acids is 1. The number of ether oxygens (including phenoxy) is 1. The molecule has 0 bridgehead atoms. The third-order valence-electron chi connectivity index (χ3n) is 3.86. The molecule has 134 valence electrons. The number of nitrogens with zero attached hydrogens (tertiary/aromatic N) is 2. The SMILES string of the molecule is CCOC(=O)c1ccc(N=c2scc(-c3ccc(Cl)cc3)n2CC)cc1. The van der Waals surface area contributed by atoms with Crippen LogP contribution in [0.1, 0.15) is 24.2 Å². The molecule has 0 aliphatic heterocycles. The Hall–Kier alpha value is -2.37. The molecule has 0 unspecified atom stereocenters. The van der Waals surface area contributed by atoms with Crippen molar-refractivity contribution in [2.45, 2.75) is 20.4 Å². The van der Waals surface area contributed by atoms with Crippen molar-refractivity contribution in [3.63, 3.8) is 0 Å². The minimum absolute atomic E-state index is 0.316. The van der Waals surface area contributed by atoms with E-state index >= 15 is 0 Å². The molecule has 0 fully saturated rings. The molecule has 0 N–H and O–H groups in total. The Morgan fingerprint density at radius 3 is 2.42 bits per heavy atom. The number of benzene rings is 2. The fourth-order valence-electron chi connectivity index (χ4n) is 2.57. The van der Waals surface area contributed by atoms with E-state index < -0.39 is 0 Å². The maximum atomic E-state index is 11.7. The van der Waals surface area contributed by atoms with Crippen LogP contribution in [-0.2, 0) is 11.3 Å². The van der Waals surface area contributed by atoms with Gasteiger partial charge in [-0.3, -0.25) is 0 Å². The van der Waals surface area contributed by atoms with Crippen LogP contribution in [0.3, 0.4) is 0 Å². The van der Waals surface area contributed by atoms with E-state index in [0.717, 1.165) is 33.3 Å². The van der Waals surface area contributed by atoms with Crippen LogP contribution in [-0.4, -0.2) is 17.1 Å². The molecule has 3 rings (SSSR count). The number of aromatic nitrogens is 1. The summed E-state index contributed by atoms with van der Waals surface area (Å²) in [5.41, 5.74) is 3.54. The summed E-state index contributed by atoms with van der Waals surface area (Å²) in [4.78, 5) is 17.4. The van der Waals surface area contributed by atoms with Gasteiger partial charge >= 0.3 is 5.97 Å². The van der Waals surface area contributed by atoms with Crippen molar-refractivity contribution in [2.75, 3.05) is 6.61 Å². The molecular weight excluding hydrogens is 368 g/mol. The summed E-state index contributed by atoms with van der Waals surface area (Å²) in [6, 6.07) is 14.9. The molecule has 1 heterocycles. The zero-order chi connectivity index (χ0) is 18.5. The van der Waals surface area contributed by atoms with Crippen molar-refractivity contribution in [2.24, 2.45) is 4.99 Å². The van der Waals surface area contributed by atoms with E-state index in [1.807, 2.05) is 36.4 Å². The van der Waals surface area contributed by atoms with Gasteiger partial charge in [0.15, 0.2) is 4.80 Å². The second kappa shape index (κ2) is 8.34. The minimum Gasteiger partial charge on any atom is -0.462 e. The first-order valence-electron chi connectivity index (χ1n) is 8.38. The normalized spacial score (nSPS) is 11.6. The van der Waals surface area contributed by atoms with Gasteiger partial charge in [0.2, 0.25) is 0 Å². The van der Waals surface area contributed by atoms with E-state index in [4.69, 9.17) is 21.3 Å². The maximum absolute atomic E-state index is 11.7. The van der Waals surface area contributed by atoms with Gasteiger partial charge in [-0.2, -0.15) is 0 Å². The average molecular weight is 387 g/mol. The monoisotopic (exact) mass is 386 g/mol. The van der Waals surface area contributed by atoms with Crippen molar-refractivity contribution < 1.29 is 9.53 Å². The average Bonchev–Trinajstić information content (AvgIpc) is 3.05. The Kier molecular flexibility index (Phi) is 5.91. The Balaban J connectivity index is 1.94. The Morgan fingerprint density at radius 1 is 1.12 bits per heavy atom. The topological polar surface area (TPSA) is 43.6 Å². The molecule has 0 saturated heterocycles. The molecule has 4 nitrogen and oxygen atoms in total. The van der Waals surface area contributed by atoms with Gasteiger partial charge in [-0.05, 0) is 55.8 Å². The van der Waals surface area contributed by atoms with Gasteiger partial charge in [0.1, 0.15) is 0 Å². The molecule has 0 radical (unpaired) electrons. The summed E-state index contributed by atoms with van der Waals surface area (Å²) >= 11 is 7.57. The quantitative estimate of drug-likeness (QED) is 0.558. The van der Waals surface area contributed by atoms with E-state index in [-0.39, 0.29) is 5.97 Å². The lowest BCUT2D eigenvalue weighted by molar-refractivity contribution is 0.0526. The molecule has 0 atom stereocenters. The minimum atomic E-state index is -0.316. The third kappa shape index (κ3) is 4.06. The fourth-order valence-corrected chi connectivity index (χ4v) is 3.69. The smallest absolute Gasteiger partial charge is 0.338 e. The van der Waals surface area contributed by atoms with E-state index in [1.54, 1.807) is 30.4 Å². The Morgan fingerprint density at radius 2 is 1.81 bits per heavy atom. The highest BCUT2D eigenvalue weighted by atomic mass is 35.5. The van der Waals surface area contributed by atoms with Crippen LogP contribution in [0.15, 0.2) is 58.9 Å². The number of hydrogen-bond acceptors (Lipinski definition) is 4. The van der Waals surface area contributed by atoms with E-state index in [2.05, 4.69) is 16.9 Å². The number of carbonyl (C=O) groups is 1. The van der Waals surface area contributed by atoms with Crippen LogP contribution >= 0.6 is 22.9 Å². The highest BCUT2D eigenvalue weighted by Gasteiger charge is 2.08. The van der Waals surface area contributed by atoms with Crippen LogP contribution in [0.4, 0.5) is 5.69 Å². The number of halogens is 1. The number of thiazole rings is 1. The van der Waals surface area contributed by atoms with Gasteiger partial charge < -0.3 is 9.30 Å². The zero-order valence-corrected chi connectivity index (χ0v) is 16.2. The lowest BCUT2D eigenvalue weighted by Crippen LogP contribution is -2.14. The second-order valence-corrected chi connectivity index (χ2v) is 6.81. The molecular formula is C20H19ClN2O2S. The molecule has 26 heavy (non-hydrogen) atoms. The van der Waals surface area contributed by atoms with Crippen LogP contribution in [0.2, 0.25) is 5.02 Å². The zero-order valence-electron chi connectivity index (χ0n) is 14.6. The summed E-state index contributed by atoms with van der Waals surface area (Å²) in [6.45, 7) is 5.06. The number of esters is 1. The fraction of sp³-hybridized carbons (Fsp3) is 0.200. The molecule has 0 spiro atoms. The summed E-state index contributed by atoms with van der Waals surface area (Å²) < 4.78 is 7.16. The molecule has 6 heteroatoms. The van der Waals surface area contributed by atoms with Gasteiger partial charge in [-0.15, -0.1) is 11.3 Å². The molecule has 0 aliphatic carbocycles. The van der Waals surface area contributed by atoms with Crippen molar-refractivity contribution in [3.05, 3.63) is 69.3 Å². The molecule has 0 saturated carbocycles. The predicted molar refractivity (Wildman–Crippen MR) is 106 cm³/mol. The van der Waals surface area contributed by atoms with Gasteiger partial charge in [-0.25, -0.2) is 9.79 Å². The molecule has 0 amide bonds. The van der Waals surface area contributed by atoms with Crippen LogP contribution < -0.4 is 4.80 Å². The maximum Gasteiger partial charge on any atom is 0.338 e. The van der Waals surface area contributed by atoms with E-state index in [9.17, 15) is 4.79 Å². The first-order valence-corrected chi connectivity index (χ1v) is 9.64. The van der Waals surface area contributed by atoms with E-state index in [0.29, 0.717) is 12.2 Å². The molecule has 1 aromatic heterocycles. The van der Waals surface area contributed by atoms with E-state index in [1.165, 1.54) is 0 Å². The number of rotatable bonds is 5. The summed E-state index contributed by atoms with van der Waals surface area (Å²) in [5, 5.41) is 2.82. The number of hydrogen-bond donors (Lipinski definition) is 0. The molecule has 3 aromatic rings. The van der Waals surface area contributed by atoms with Crippen LogP contribution in [0.5, 0.6) is 0 Å². The van der Waals surface area contributed by atoms with Crippen LogP contribution in [0.25, 0.3) is 11.3 Å². The Labute approximate surface area is 161 Å². The standard InChI is InChI=1S/C20H19ClN2O2S/c1-3-23-18(14-5-9-16(21)10-6-14)13-26-20(23)22-17-11-7-15(8-12-17)19(24)25-4-2/h5-13H,3-4H2,1-2H3. The lowest BCUT2D eigenvalue weighted by atomic mass is 10.2. The molecule has 0 aliphatic rings. The van der Waals surface area contributed by atoms with Gasteiger partial charge in [0.05, 0.1) is 23.6 Å². The first kappa shape index (κ1) is 18.4. The summed E-state index contributed by atoms with van der Waals surface area (Å²) in [7, 11) is 0. The largest absolute Gasteiger partial charge is 0.462 e. The van der Waals surface area contributed by atoms with Crippen molar-refractivity contribution in [1.29, 1.82) is 0 Å². The lowest BCUT2D eigenvalue weighted by Gasteiger charge is -2.06. The highest BCUT2D eigenvalue weighted by Crippen LogP contribution is 2.23. The highest BCUT2D eigenvalue weighted by molar-refractivity contribution is 7.07. The summed E-state index contributed by atoms with van der Waals surface area (Å²) in [6.07, 6.45) is 0. The van der Waals surface area contributed by atoms with Gasteiger partial charge in [0, 0.05) is 16.9 Å². The third-order valence-corrected chi connectivity index (χ3v) is 4.97. The second-order valence-electron chi connectivity index (χ2n) is 5.53. The van der Waals surface area contributed by atoms with Crippen molar-refractivity contribution in [3.8, 4) is 11.3 Å². The van der Waals surface area contributed by atoms with Crippen molar-refractivity contribution in [1.82, 2.24) is 4.57 Å². The van der Waals surface area contributed by atoms with Gasteiger partial charge in [-0.1, -0.05) is 23.7 Å². The van der Waals surface area contributed by atoms with Crippen molar-refractivity contribution >= 4 is 34.6 Å². The van der Waals surface area contributed by atoms with Crippen LogP contribution in [0, 0.1) is 0 Å². The first-order chi connectivity index (χ1) is 12.6. The predicted octanol–water partition coefficient (Wildman–Crippen LogP) is 5.30. The van der Waals surface area contributed by atoms with Gasteiger partial charge in [0.25, 0.3) is 0 Å². The Bertz CT molecular complexity index is 957.